The molecule has 1 fully saturated rings. The normalized spacial score (nSPS) is 21.4. The number of nitriles is 1. The summed E-state index contributed by atoms with van der Waals surface area (Å²) in [5, 5.41) is 20.0. The van der Waals surface area contributed by atoms with E-state index in [4.69, 9.17) is 10.4 Å². The van der Waals surface area contributed by atoms with Gasteiger partial charge in [0.25, 0.3) is 0 Å². The standard InChI is InChI=1S/C13H10F3N3O3/c1-12(10(20)21)6-19(11(22)18-12)8-3-2-7(5-17)9(4-8)13(14,15)16/h2-4H,6H2,1H3,(H,18,22)(H,20,21). The predicted octanol–water partition coefficient (Wildman–Crippen LogP) is 1.95. The van der Waals surface area contributed by atoms with Gasteiger partial charge in [0, 0.05) is 5.69 Å². The lowest BCUT2D eigenvalue weighted by Gasteiger charge is -2.19. The summed E-state index contributed by atoms with van der Waals surface area (Å²) in [4.78, 5) is 23.8. The molecule has 22 heavy (non-hydrogen) atoms. The summed E-state index contributed by atoms with van der Waals surface area (Å²) in [7, 11) is 0. The number of urea groups is 1. The first-order chi connectivity index (χ1) is 10.1. The van der Waals surface area contributed by atoms with Gasteiger partial charge in [-0.2, -0.15) is 18.4 Å². The van der Waals surface area contributed by atoms with Crippen molar-refractivity contribution in [1.82, 2.24) is 5.32 Å². The molecule has 1 unspecified atom stereocenters. The highest BCUT2D eigenvalue weighted by Crippen LogP contribution is 2.35. The first kappa shape index (κ1) is 15.6. The monoisotopic (exact) mass is 313 g/mol. The second-order valence-corrected chi connectivity index (χ2v) is 4.99. The quantitative estimate of drug-likeness (QED) is 0.872. The number of halogens is 3. The highest BCUT2D eigenvalue weighted by molar-refractivity contribution is 6.00. The molecule has 6 nitrogen and oxygen atoms in total. The van der Waals surface area contributed by atoms with E-state index >= 15 is 0 Å². The highest BCUT2D eigenvalue weighted by atomic mass is 19.4. The van der Waals surface area contributed by atoms with Crippen LogP contribution in [0.15, 0.2) is 18.2 Å². The zero-order valence-electron chi connectivity index (χ0n) is 11.2. The molecule has 1 aliphatic heterocycles. The number of rotatable bonds is 2. The average Bonchev–Trinajstić information content (AvgIpc) is 2.74. The molecule has 0 spiro atoms. The molecule has 0 aliphatic carbocycles. The van der Waals surface area contributed by atoms with Crippen LogP contribution < -0.4 is 10.2 Å². The van der Waals surface area contributed by atoms with Crippen LogP contribution in [0.2, 0.25) is 0 Å². The van der Waals surface area contributed by atoms with Crippen LogP contribution in [0.3, 0.4) is 0 Å². The number of carboxylic acids is 1. The Bertz CT molecular complexity index is 696. The first-order valence-corrected chi connectivity index (χ1v) is 6.03. The average molecular weight is 313 g/mol. The summed E-state index contributed by atoms with van der Waals surface area (Å²) in [6.07, 6.45) is -4.76. The van der Waals surface area contributed by atoms with Crippen molar-refractivity contribution in [1.29, 1.82) is 5.26 Å². The van der Waals surface area contributed by atoms with Crippen molar-refractivity contribution < 1.29 is 27.9 Å². The van der Waals surface area contributed by atoms with Gasteiger partial charge in [-0.25, -0.2) is 9.59 Å². The van der Waals surface area contributed by atoms with E-state index in [1.165, 1.54) is 19.1 Å². The number of nitrogens with zero attached hydrogens (tertiary/aromatic N) is 2. The molecule has 1 heterocycles. The van der Waals surface area contributed by atoms with Gasteiger partial charge in [-0.3, -0.25) is 4.90 Å². The van der Waals surface area contributed by atoms with Crippen LogP contribution in [0.4, 0.5) is 23.7 Å². The summed E-state index contributed by atoms with van der Waals surface area (Å²) < 4.78 is 38.7. The van der Waals surface area contributed by atoms with Gasteiger partial charge >= 0.3 is 18.2 Å². The second kappa shape index (κ2) is 4.91. The van der Waals surface area contributed by atoms with E-state index in [0.29, 0.717) is 6.07 Å². The van der Waals surface area contributed by atoms with E-state index in [1.807, 2.05) is 0 Å². The zero-order chi connectivity index (χ0) is 16.7. The summed E-state index contributed by atoms with van der Waals surface area (Å²) in [6.45, 7) is 0.923. The Balaban J connectivity index is 2.45. The lowest BCUT2D eigenvalue weighted by Crippen LogP contribution is -2.47. The third kappa shape index (κ3) is 2.55. The molecule has 1 aromatic rings. The molecule has 9 heteroatoms. The minimum absolute atomic E-state index is 0.131. The lowest BCUT2D eigenvalue weighted by molar-refractivity contribution is -0.142. The number of carboxylic acid groups (broad SMARTS) is 1. The maximum Gasteiger partial charge on any atom is 0.417 e. The zero-order valence-corrected chi connectivity index (χ0v) is 11.2. The Hall–Kier alpha value is -2.76. The number of carbonyl (C=O) groups is 2. The number of alkyl halides is 3. The van der Waals surface area contributed by atoms with Crippen molar-refractivity contribution in [2.75, 3.05) is 11.4 Å². The fraction of sp³-hybridized carbons (Fsp3) is 0.308. The second-order valence-electron chi connectivity index (χ2n) is 4.99. The SMILES string of the molecule is CC1(C(=O)O)CN(c2ccc(C#N)c(C(F)(F)F)c2)C(=O)N1. The molecule has 1 aliphatic rings. The van der Waals surface area contributed by atoms with E-state index in [9.17, 15) is 22.8 Å². The van der Waals surface area contributed by atoms with Crippen LogP contribution in [-0.2, 0) is 11.0 Å². The Morgan fingerprint density at radius 2 is 2.14 bits per heavy atom. The molecule has 1 saturated heterocycles. The number of amides is 2. The van der Waals surface area contributed by atoms with Gasteiger partial charge in [0.1, 0.15) is 0 Å². The topological polar surface area (TPSA) is 93.4 Å². The molecule has 1 aromatic carbocycles. The number of anilines is 1. The van der Waals surface area contributed by atoms with Crippen molar-refractivity contribution in [2.45, 2.75) is 18.6 Å². The van der Waals surface area contributed by atoms with Crippen LogP contribution in [0.5, 0.6) is 0 Å². The predicted molar refractivity (Wildman–Crippen MR) is 68.1 cm³/mol. The Morgan fingerprint density at radius 1 is 1.50 bits per heavy atom. The number of carbonyl (C=O) groups excluding carboxylic acids is 1. The molecule has 0 aromatic heterocycles. The van der Waals surface area contributed by atoms with E-state index in [1.54, 1.807) is 0 Å². The fourth-order valence-corrected chi connectivity index (χ4v) is 2.09. The van der Waals surface area contributed by atoms with Crippen molar-refractivity contribution in [3.05, 3.63) is 29.3 Å². The molecule has 116 valence electrons. The summed E-state index contributed by atoms with van der Waals surface area (Å²) in [6, 6.07) is 3.39. The molecule has 2 N–H and O–H groups in total. The maximum absolute atomic E-state index is 12.9. The number of benzene rings is 1. The largest absolute Gasteiger partial charge is 0.479 e. The minimum Gasteiger partial charge on any atom is -0.479 e. The van der Waals surface area contributed by atoms with Crippen LogP contribution in [0.1, 0.15) is 18.1 Å². The minimum atomic E-state index is -4.76. The van der Waals surface area contributed by atoms with E-state index < -0.39 is 34.8 Å². The fourth-order valence-electron chi connectivity index (χ4n) is 2.09. The third-order valence-corrected chi connectivity index (χ3v) is 3.32. The van der Waals surface area contributed by atoms with Gasteiger partial charge < -0.3 is 10.4 Å². The molecule has 0 bridgehead atoms. The molecule has 2 rings (SSSR count). The van der Waals surface area contributed by atoms with E-state index in [2.05, 4.69) is 5.32 Å². The first-order valence-electron chi connectivity index (χ1n) is 6.03. The Labute approximate surface area is 122 Å². The molecule has 2 amide bonds. The van der Waals surface area contributed by atoms with Gasteiger partial charge in [-0.05, 0) is 25.1 Å². The summed E-state index contributed by atoms with van der Waals surface area (Å²) in [5.74, 6) is -1.30. The molecular formula is C13H10F3N3O3. The van der Waals surface area contributed by atoms with Crippen molar-refractivity contribution in [3.63, 3.8) is 0 Å². The number of hydrogen-bond acceptors (Lipinski definition) is 3. The molecule has 1 atom stereocenters. The molecule has 0 radical (unpaired) electrons. The smallest absolute Gasteiger partial charge is 0.417 e. The van der Waals surface area contributed by atoms with Gasteiger partial charge in [0.05, 0.1) is 23.7 Å². The summed E-state index contributed by atoms with van der Waals surface area (Å²) in [5.41, 5.74) is -3.47. The van der Waals surface area contributed by atoms with Crippen LogP contribution in [0, 0.1) is 11.3 Å². The van der Waals surface area contributed by atoms with E-state index in [-0.39, 0.29) is 12.2 Å². The molecular weight excluding hydrogens is 303 g/mol. The third-order valence-electron chi connectivity index (χ3n) is 3.32. The lowest BCUT2D eigenvalue weighted by atomic mass is 10.0. The van der Waals surface area contributed by atoms with Gasteiger partial charge in [0.2, 0.25) is 0 Å². The van der Waals surface area contributed by atoms with Crippen molar-refractivity contribution in [3.8, 4) is 6.07 Å². The number of aliphatic carboxylic acids is 1. The van der Waals surface area contributed by atoms with Gasteiger partial charge in [-0.15, -0.1) is 0 Å². The van der Waals surface area contributed by atoms with Crippen LogP contribution in [-0.4, -0.2) is 29.2 Å². The summed E-state index contributed by atoms with van der Waals surface area (Å²) >= 11 is 0. The van der Waals surface area contributed by atoms with Gasteiger partial charge in [0.15, 0.2) is 5.54 Å². The van der Waals surface area contributed by atoms with Crippen LogP contribution >= 0.6 is 0 Å². The Kier molecular flexibility index (Phi) is 3.48. The maximum atomic E-state index is 12.9. The van der Waals surface area contributed by atoms with Gasteiger partial charge in [-0.1, -0.05) is 0 Å². The molecule has 0 saturated carbocycles. The van der Waals surface area contributed by atoms with E-state index in [0.717, 1.165) is 11.0 Å². The van der Waals surface area contributed by atoms with Crippen molar-refractivity contribution in [2.24, 2.45) is 0 Å². The number of nitrogens with one attached hydrogen (secondary N) is 1. The van der Waals surface area contributed by atoms with Crippen molar-refractivity contribution >= 4 is 17.7 Å². The Morgan fingerprint density at radius 3 is 2.59 bits per heavy atom. The van der Waals surface area contributed by atoms with Crippen LogP contribution in [0.25, 0.3) is 0 Å². The number of hydrogen-bond donors (Lipinski definition) is 2. The highest BCUT2D eigenvalue weighted by Gasteiger charge is 2.46.